The van der Waals surface area contributed by atoms with Crippen molar-refractivity contribution in [2.45, 2.75) is 32.0 Å². The first-order valence-corrected chi connectivity index (χ1v) is 15.1. The minimum Gasteiger partial charge on any atom is -0.438 e. The second-order valence-electron chi connectivity index (χ2n) is 11.3. The molecule has 242 valence electrons. The van der Waals surface area contributed by atoms with Gasteiger partial charge < -0.3 is 25.2 Å². The van der Waals surface area contributed by atoms with E-state index in [1.54, 1.807) is 24.4 Å². The smallest absolute Gasteiger partial charge is 0.416 e. The topological polar surface area (TPSA) is 108 Å². The van der Waals surface area contributed by atoms with Crippen molar-refractivity contribution in [2.24, 2.45) is 0 Å². The van der Waals surface area contributed by atoms with Gasteiger partial charge in [0.15, 0.2) is 5.82 Å². The number of likely N-dealkylation sites (tertiary alicyclic amines) is 1. The standard InChI is InChI=1S/C34H33F3N8O2/c1-4-30-39-20-40-31(43-30)25-10-7-16-38-32(25)47-29-14-12-26(23-8-5-6-9-24(23)29)41-33(46)42-27-18-21(34(35,36)37)11-13-28(27)45(3)22-15-17-44(2)19-22/h5-14,16,18,20,22H,4,15,17,19H2,1-3H3,(H2,41,42,46)/t22-/m1/s1. The number of hydrogen-bond donors (Lipinski definition) is 2. The summed E-state index contributed by atoms with van der Waals surface area (Å²) in [5.74, 6) is 1.83. The average molecular weight is 643 g/mol. The van der Waals surface area contributed by atoms with E-state index in [0.717, 1.165) is 31.6 Å². The third-order valence-corrected chi connectivity index (χ3v) is 8.16. The molecule has 2 N–H and O–H groups in total. The van der Waals surface area contributed by atoms with E-state index >= 15 is 0 Å². The van der Waals surface area contributed by atoms with Crippen molar-refractivity contribution in [3.8, 4) is 23.0 Å². The normalized spacial score (nSPS) is 15.1. The Kier molecular flexibility index (Phi) is 8.90. The van der Waals surface area contributed by atoms with Gasteiger partial charge in [0.05, 0.1) is 28.2 Å². The highest BCUT2D eigenvalue weighted by Crippen LogP contribution is 2.38. The van der Waals surface area contributed by atoms with Crippen molar-refractivity contribution in [3.05, 3.63) is 90.6 Å². The van der Waals surface area contributed by atoms with E-state index < -0.39 is 17.8 Å². The maximum atomic E-state index is 13.7. The van der Waals surface area contributed by atoms with Gasteiger partial charge in [0.25, 0.3) is 0 Å². The van der Waals surface area contributed by atoms with E-state index in [9.17, 15) is 18.0 Å². The lowest BCUT2D eigenvalue weighted by molar-refractivity contribution is -0.137. The first kappa shape index (κ1) is 31.7. The number of alkyl halides is 3. The Morgan fingerprint density at radius 1 is 1.00 bits per heavy atom. The number of fused-ring (bicyclic) bond motifs is 1. The monoisotopic (exact) mass is 642 g/mol. The summed E-state index contributed by atoms with van der Waals surface area (Å²) in [6.07, 6.45) is -0.0168. The second kappa shape index (κ2) is 13.2. The Morgan fingerprint density at radius 2 is 1.79 bits per heavy atom. The molecule has 47 heavy (non-hydrogen) atoms. The highest BCUT2D eigenvalue weighted by atomic mass is 19.4. The molecule has 3 aromatic carbocycles. The van der Waals surface area contributed by atoms with E-state index in [0.29, 0.717) is 57.4 Å². The predicted octanol–water partition coefficient (Wildman–Crippen LogP) is 7.24. The number of urea groups is 1. The van der Waals surface area contributed by atoms with Crippen molar-refractivity contribution in [3.63, 3.8) is 0 Å². The van der Waals surface area contributed by atoms with Crippen LogP contribution in [0.1, 0.15) is 24.7 Å². The largest absolute Gasteiger partial charge is 0.438 e. The van der Waals surface area contributed by atoms with Crippen LogP contribution in [0.15, 0.2) is 79.3 Å². The molecule has 6 rings (SSSR count). The van der Waals surface area contributed by atoms with Crippen LogP contribution in [0.4, 0.5) is 35.0 Å². The van der Waals surface area contributed by atoms with Crippen molar-refractivity contribution in [2.75, 3.05) is 42.7 Å². The predicted molar refractivity (Wildman–Crippen MR) is 175 cm³/mol. The van der Waals surface area contributed by atoms with Crippen LogP contribution in [0.5, 0.6) is 11.6 Å². The number of anilines is 3. The first-order valence-electron chi connectivity index (χ1n) is 15.1. The first-order chi connectivity index (χ1) is 22.6. The van der Waals surface area contributed by atoms with Gasteiger partial charge in [-0.1, -0.05) is 31.2 Å². The van der Waals surface area contributed by atoms with Crippen molar-refractivity contribution in [1.82, 2.24) is 24.8 Å². The number of pyridine rings is 1. The van der Waals surface area contributed by atoms with Gasteiger partial charge in [-0.15, -0.1) is 0 Å². The van der Waals surface area contributed by atoms with E-state index in [4.69, 9.17) is 4.74 Å². The fourth-order valence-corrected chi connectivity index (χ4v) is 5.67. The summed E-state index contributed by atoms with van der Waals surface area (Å²) < 4.78 is 47.4. The van der Waals surface area contributed by atoms with Gasteiger partial charge in [0, 0.05) is 43.0 Å². The summed E-state index contributed by atoms with van der Waals surface area (Å²) in [5.41, 5.74) is 0.734. The second-order valence-corrected chi connectivity index (χ2v) is 11.3. The molecule has 1 saturated heterocycles. The van der Waals surface area contributed by atoms with Gasteiger partial charge in [0.2, 0.25) is 5.88 Å². The number of rotatable bonds is 8. The number of carbonyl (C=O) groups is 1. The van der Waals surface area contributed by atoms with Crippen molar-refractivity contribution < 1.29 is 22.7 Å². The van der Waals surface area contributed by atoms with Crippen LogP contribution in [-0.4, -0.2) is 64.1 Å². The molecule has 0 spiro atoms. The van der Waals surface area contributed by atoms with E-state index in [-0.39, 0.29) is 11.7 Å². The lowest BCUT2D eigenvalue weighted by atomic mass is 10.1. The highest BCUT2D eigenvalue weighted by Gasteiger charge is 2.32. The van der Waals surface area contributed by atoms with Crippen LogP contribution >= 0.6 is 0 Å². The number of nitrogens with zero attached hydrogens (tertiary/aromatic N) is 6. The van der Waals surface area contributed by atoms with Gasteiger partial charge in [-0.25, -0.2) is 24.7 Å². The molecule has 10 nitrogen and oxygen atoms in total. The average Bonchev–Trinajstić information content (AvgIpc) is 3.51. The molecular formula is C34H33F3N8O2. The van der Waals surface area contributed by atoms with Crippen molar-refractivity contribution in [1.29, 1.82) is 0 Å². The molecule has 0 saturated carbocycles. The molecule has 13 heteroatoms. The number of hydrogen-bond acceptors (Lipinski definition) is 8. The zero-order valence-corrected chi connectivity index (χ0v) is 26.0. The van der Waals surface area contributed by atoms with Gasteiger partial charge in [-0.05, 0) is 62.5 Å². The number of likely N-dealkylation sites (N-methyl/N-ethyl adjacent to an activating group) is 2. The van der Waals surface area contributed by atoms with Gasteiger partial charge >= 0.3 is 12.2 Å². The van der Waals surface area contributed by atoms with E-state index in [1.807, 2.05) is 56.3 Å². The highest BCUT2D eigenvalue weighted by molar-refractivity contribution is 6.08. The zero-order valence-electron chi connectivity index (χ0n) is 26.0. The number of ether oxygens (including phenoxy) is 1. The molecular weight excluding hydrogens is 609 g/mol. The van der Waals surface area contributed by atoms with Crippen LogP contribution in [0.3, 0.4) is 0 Å². The number of benzene rings is 3. The summed E-state index contributed by atoms with van der Waals surface area (Å²) in [7, 11) is 3.83. The molecule has 0 unspecified atom stereocenters. The van der Waals surface area contributed by atoms with Crippen LogP contribution in [0.25, 0.3) is 22.2 Å². The van der Waals surface area contributed by atoms with Gasteiger partial charge in [-0.2, -0.15) is 13.2 Å². The van der Waals surface area contributed by atoms with Crippen molar-refractivity contribution >= 4 is 33.9 Å². The molecule has 2 amide bonds. The van der Waals surface area contributed by atoms with Crippen LogP contribution in [0, 0.1) is 0 Å². The fraction of sp³-hybridized carbons (Fsp3) is 0.265. The van der Waals surface area contributed by atoms with Crippen LogP contribution in [0.2, 0.25) is 0 Å². The van der Waals surface area contributed by atoms with E-state index in [1.165, 1.54) is 12.4 Å². The number of amides is 2. The molecule has 2 aromatic heterocycles. The number of aryl methyl sites for hydroxylation is 1. The molecule has 5 aromatic rings. The quantitative estimate of drug-likeness (QED) is 0.182. The zero-order chi connectivity index (χ0) is 33.1. The summed E-state index contributed by atoms with van der Waals surface area (Å²) in [4.78, 5) is 34.9. The minimum absolute atomic E-state index is 0.0610. The summed E-state index contributed by atoms with van der Waals surface area (Å²) in [6.45, 7) is 3.59. The van der Waals surface area contributed by atoms with Gasteiger partial charge in [-0.3, -0.25) is 0 Å². The SMILES string of the molecule is CCc1ncnc(-c2cccnc2Oc2ccc(NC(=O)Nc3cc(C(F)(F)F)ccc3N(C)[C@@H]3CCN(C)C3)c3ccccc23)n1. The van der Waals surface area contributed by atoms with Crippen LogP contribution in [-0.2, 0) is 12.6 Å². The third kappa shape index (κ3) is 6.94. The van der Waals surface area contributed by atoms with Gasteiger partial charge in [0.1, 0.15) is 17.9 Å². The molecule has 3 heterocycles. The Balaban J connectivity index is 1.28. The molecule has 0 aliphatic carbocycles. The number of carbonyl (C=O) groups excluding carboxylic acids is 1. The fourth-order valence-electron chi connectivity index (χ4n) is 5.67. The molecule has 0 bridgehead atoms. The molecule has 1 aliphatic heterocycles. The Labute approximate surface area is 269 Å². The maximum Gasteiger partial charge on any atom is 0.416 e. The summed E-state index contributed by atoms with van der Waals surface area (Å²) in [5, 5.41) is 6.83. The number of aromatic nitrogens is 4. The Bertz CT molecular complexity index is 1920. The minimum atomic E-state index is -4.57. The molecule has 1 aliphatic rings. The Hall–Kier alpha value is -5.30. The number of halogens is 3. The lowest BCUT2D eigenvalue weighted by Gasteiger charge is -2.29. The van der Waals surface area contributed by atoms with E-state index in [2.05, 4.69) is 35.5 Å². The molecule has 1 atom stereocenters. The lowest BCUT2D eigenvalue weighted by Crippen LogP contribution is -2.34. The summed E-state index contributed by atoms with van der Waals surface area (Å²) in [6, 6.07) is 17.1. The van der Waals surface area contributed by atoms with Crippen LogP contribution < -0.4 is 20.3 Å². The summed E-state index contributed by atoms with van der Waals surface area (Å²) >= 11 is 0. The molecule has 1 fully saturated rings. The number of nitrogens with one attached hydrogen (secondary N) is 2. The third-order valence-electron chi connectivity index (χ3n) is 8.16. The maximum absolute atomic E-state index is 13.7. The molecule has 0 radical (unpaired) electrons. The Morgan fingerprint density at radius 3 is 2.53 bits per heavy atom.